The Morgan fingerprint density at radius 3 is 1.12 bits per heavy atom. The number of rotatable bonds is 8. The summed E-state index contributed by atoms with van der Waals surface area (Å²) in [6.07, 6.45) is 12.3. The van der Waals surface area contributed by atoms with Crippen LogP contribution >= 0.6 is 0 Å². The first-order valence-electron chi connectivity index (χ1n) is 20.4. The zero-order chi connectivity index (χ0) is 40.1. The van der Waals surface area contributed by atoms with Crippen molar-refractivity contribution in [1.82, 2.24) is 19.9 Å². The predicted molar refractivity (Wildman–Crippen MR) is 242 cm³/mol. The molecule has 0 unspecified atom stereocenters. The number of aromatic nitrogens is 4. The highest BCUT2D eigenvalue weighted by Gasteiger charge is 2.22. The van der Waals surface area contributed by atoms with Crippen LogP contribution in [0.3, 0.4) is 0 Å². The van der Waals surface area contributed by atoms with Gasteiger partial charge in [-0.05, 0) is 180 Å². The molecule has 57 heavy (non-hydrogen) atoms. The minimum atomic E-state index is 0.205. The maximum Gasteiger partial charge on any atom is 0.0737 e. The normalized spacial score (nSPS) is 12.2. The Morgan fingerprint density at radius 2 is 0.737 bits per heavy atom. The second-order valence-corrected chi connectivity index (χ2v) is 16.5. The highest BCUT2D eigenvalue weighted by Crippen LogP contribution is 2.41. The van der Waals surface area contributed by atoms with Crippen LogP contribution in [0.2, 0.25) is 0 Å². The molecule has 5 nitrogen and oxygen atoms in total. The Labute approximate surface area is 337 Å². The van der Waals surface area contributed by atoms with Gasteiger partial charge in [-0.25, -0.2) is 9.97 Å². The maximum absolute atomic E-state index is 9.62. The average Bonchev–Trinajstić information content (AvgIpc) is 3.97. The molecule has 0 aliphatic carbocycles. The van der Waals surface area contributed by atoms with Crippen LogP contribution in [0.25, 0.3) is 79.8 Å². The number of fused-ring (bicyclic) bond motifs is 8. The lowest BCUT2D eigenvalue weighted by Crippen LogP contribution is -1.96. The number of hydrogen-bond donors (Lipinski definition) is 3. The number of benzene rings is 3. The molecule has 8 bridgehead atoms. The molecule has 3 aromatic carbocycles. The van der Waals surface area contributed by atoms with Gasteiger partial charge in [-0.15, -0.1) is 0 Å². The number of aryl methyl sites for hydroxylation is 10. The molecule has 288 valence electrons. The molecule has 3 N–H and O–H groups in total. The number of nitrogens with one attached hydrogen (secondary N) is 2. The molecule has 6 aromatic rings. The van der Waals surface area contributed by atoms with Gasteiger partial charge in [-0.1, -0.05) is 59.5 Å². The van der Waals surface area contributed by atoms with Gasteiger partial charge in [0.1, 0.15) is 0 Å². The number of nitrogens with zero attached hydrogens (tertiary/aromatic N) is 2. The van der Waals surface area contributed by atoms with Crippen molar-refractivity contribution >= 4 is 46.4 Å². The first kappa shape index (κ1) is 38.1. The number of H-pyrrole nitrogens is 2. The summed E-state index contributed by atoms with van der Waals surface area (Å²) in [4.78, 5) is 19.0. The van der Waals surface area contributed by atoms with Crippen molar-refractivity contribution in [3.63, 3.8) is 0 Å². The highest BCUT2D eigenvalue weighted by molar-refractivity contribution is 5.99. The zero-order valence-electron chi connectivity index (χ0n) is 35.0. The van der Waals surface area contributed by atoms with Crippen molar-refractivity contribution < 1.29 is 5.11 Å². The van der Waals surface area contributed by atoms with Crippen LogP contribution in [0.5, 0.6) is 0 Å². The summed E-state index contributed by atoms with van der Waals surface area (Å²) in [5.41, 5.74) is 27.0. The van der Waals surface area contributed by atoms with E-state index in [1.165, 1.54) is 72.3 Å². The summed E-state index contributed by atoms with van der Waals surface area (Å²) >= 11 is 0. The summed E-state index contributed by atoms with van der Waals surface area (Å²) in [5.74, 6) is 0. The van der Waals surface area contributed by atoms with E-state index in [9.17, 15) is 5.11 Å². The molecule has 0 spiro atoms. The van der Waals surface area contributed by atoms with Gasteiger partial charge in [-0.2, -0.15) is 0 Å². The van der Waals surface area contributed by atoms with Gasteiger partial charge in [0.15, 0.2) is 0 Å². The molecule has 5 heterocycles. The highest BCUT2D eigenvalue weighted by atomic mass is 16.2. The largest absolute Gasteiger partial charge is 0.396 e. The van der Waals surface area contributed by atoms with E-state index in [1.54, 1.807) is 0 Å². The first-order valence-corrected chi connectivity index (χ1v) is 20.4. The van der Waals surface area contributed by atoms with E-state index in [0.29, 0.717) is 0 Å². The molecular weight excluding hydrogens is 697 g/mol. The van der Waals surface area contributed by atoms with Crippen molar-refractivity contribution in [3.8, 4) is 33.4 Å². The third-order valence-corrected chi connectivity index (χ3v) is 11.7. The van der Waals surface area contributed by atoms with Gasteiger partial charge >= 0.3 is 0 Å². The third-order valence-electron chi connectivity index (χ3n) is 11.7. The molecule has 8 rings (SSSR count). The molecule has 0 radical (unpaired) electrons. The molecule has 2 aliphatic heterocycles. The topological polar surface area (TPSA) is 77.6 Å². The minimum Gasteiger partial charge on any atom is -0.396 e. The Kier molecular flexibility index (Phi) is 10.2. The van der Waals surface area contributed by atoms with Crippen molar-refractivity contribution in [2.24, 2.45) is 0 Å². The standard InChI is InChI=1S/C52H54N4O/c1-29-23-32(4)47(33(5)24-29)50-41-16-14-39(53-41)38(13-11-10-12-22-57)40-15-17-42(54-40)51(48-34(6)25-30(2)26-35(48)7)44-19-21-46(56-44)52(45-20-18-43(50)55-45)49-36(8)27-31(3)28-37(49)9/h14-21,23-28,53,56-57H,10-13,22H2,1-9H3. The number of unbranched alkanes of at least 4 members (excludes halogenated alkanes) is 2. The van der Waals surface area contributed by atoms with Crippen LogP contribution in [0, 0.1) is 62.3 Å². The SMILES string of the molecule is Cc1cc(C)c(-c2c3nc(c(-c4c(C)cc(C)cc4C)c4ccc([nH]4)c(-c4c(C)cc(C)cc4C)c4nc(c(CCCCCO)c5ccc2[nH]5)C=C4)C=C3)c(C)c1. The van der Waals surface area contributed by atoms with E-state index >= 15 is 0 Å². The number of hydrogen-bond acceptors (Lipinski definition) is 3. The number of aliphatic hydroxyl groups excluding tert-OH is 1. The summed E-state index contributed by atoms with van der Waals surface area (Å²) in [6.45, 7) is 20.0. The van der Waals surface area contributed by atoms with E-state index in [2.05, 4.69) is 157 Å². The summed E-state index contributed by atoms with van der Waals surface area (Å²) in [6, 6.07) is 22.6. The zero-order valence-corrected chi connectivity index (χ0v) is 35.0. The van der Waals surface area contributed by atoms with Gasteiger partial charge in [0.2, 0.25) is 0 Å². The number of aromatic amines is 2. The summed E-state index contributed by atoms with van der Waals surface area (Å²) in [5, 5.41) is 9.62. The van der Waals surface area contributed by atoms with Crippen molar-refractivity contribution in [2.45, 2.75) is 88.0 Å². The van der Waals surface area contributed by atoms with Gasteiger partial charge in [-0.3, -0.25) is 0 Å². The molecule has 5 heteroatoms. The van der Waals surface area contributed by atoms with Crippen LogP contribution in [0.15, 0.2) is 60.7 Å². The fraction of sp³-hybridized carbons (Fsp3) is 0.269. The quantitative estimate of drug-likeness (QED) is 0.135. The van der Waals surface area contributed by atoms with Crippen LogP contribution in [-0.4, -0.2) is 31.6 Å². The molecule has 0 saturated carbocycles. The maximum atomic E-state index is 9.62. The van der Waals surface area contributed by atoms with Crippen LogP contribution in [0.1, 0.15) is 97.7 Å². The van der Waals surface area contributed by atoms with Gasteiger partial charge in [0, 0.05) is 50.9 Å². The Morgan fingerprint density at radius 1 is 0.404 bits per heavy atom. The van der Waals surface area contributed by atoms with E-state index < -0.39 is 0 Å². The lowest BCUT2D eigenvalue weighted by Gasteiger charge is -2.14. The van der Waals surface area contributed by atoms with Gasteiger partial charge in [0.05, 0.1) is 22.8 Å². The van der Waals surface area contributed by atoms with E-state index in [1.807, 2.05) is 0 Å². The molecule has 0 saturated heterocycles. The van der Waals surface area contributed by atoms with E-state index in [-0.39, 0.29) is 6.61 Å². The summed E-state index contributed by atoms with van der Waals surface area (Å²) in [7, 11) is 0. The lowest BCUT2D eigenvalue weighted by atomic mass is 9.92. The first-order chi connectivity index (χ1) is 27.4. The van der Waals surface area contributed by atoms with Crippen LogP contribution in [0.4, 0.5) is 0 Å². The Bertz CT molecular complexity index is 2700. The molecule has 3 aromatic heterocycles. The summed E-state index contributed by atoms with van der Waals surface area (Å²) < 4.78 is 0. The molecule has 0 atom stereocenters. The number of aliphatic hydroxyl groups is 1. The fourth-order valence-electron chi connectivity index (χ4n) is 9.63. The third kappa shape index (κ3) is 7.10. The van der Waals surface area contributed by atoms with E-state index in [0.717, 1.165) is 87.2 Å². The predicted octanol–water partition coefficient (Wildman–Crippen LogP) is 13.1. The lowest BCUT2D eigenvalue weighted by molar-refractivity contribution is 0.283. The molecule has 0 fully saturated rings. The van der Waals surface area contributed by atoms with Crippen molar-refractivity contribution in [2.75, 3.05) is 6.61 Å². The molecule has 0 amide bonds. The van der Waals surface area contributed by atoms with Gasteiger partial charge < -0.3 is 15.1 Å². The van der Waals surface area contributed by atoms with Gasteiger partial charge in [0.25, 0.3) is 0 Å². The van der Waals surface area contributed by atoms with Crippen LogP contribution in [-0.2, 0) is 6.42 Å². The van der Waals surface area contributed by atoms with Crippen molar-refractivity contribution in [1.29, 1.82) is 0 Å². The minimum absolute atomic E-state index is 0.205. The second kappa shape index (κ2) is 15.3. The smallest absolute Gasteiger partial charge is 0.0737 e. The Balaban J connectivity index is 1.58. The molecular formula is C52H54N4O. The second-order valence-electron chi connectivity index (χ2n) is 16.5. The van der Waals surface area contributed by atoms with Crippen molar-refractivity contribution in [3.05, 3.63) is 139 Å². The van der Waals surface area contributed by atoms with E-state index in [4.69, 9.17) is 9.97 Å². The average molecular weight is 751 g/mol. The molecule has 2 aliphatic rings. The fourth-order valence-corrected chi connectivity index (χ4v) is 9.63. The Hall–Kier alpha value is -5.78. The van der Waals surface area contributed by atoms with Crippen LogP contribution < -0.4 is 0 Å². The monoisotopic (exact) mass is 750 g/mol.